The number of nitrogens with zero attached hydrogens (tertiary/aromatic N) is 1. The summed E-state index contributed by atoms with van der Waals surface area (Å²) in [5.41, 5.74) is 2.39. The van der Waals surface area contributed by atoms with E-state index in [1.807, 2.05) is 30.3 Å². The van der Waals surface area contributed by atoms with Crippen LogP contribution >= 0.6 is 0 Å². The Morgan fingerprint density at radius 1 is 1.20 bits per heavy atom. The van der Waals surface area contributed by atoms with Gasteiger partial charge in [0.05, 0.1) is 24.3 Å². The van der Waals surface area contributed by atoms with Crippen molar-refractivity contribution in [3.05, 3.63) is 47.2 Å². The van der Waals surface area contributed by atoms with Crippen LogP contribution < -0.4 is 5.32 Å². The van der Waals surface area contributed by atoms with Gasteiger partial charge in [-0.3, -0.25) is 9.69 Å². The van der Waals surface area contributed by atoms with E-state index in [9.17, 15) is 14.7 Å². The molecule has 1 aromatic heterocycles. The minimum Gasteiger partial charge on any atom is -0.460 e. The van der Waals surface area contributed by atoms with Crippen LogP contribution in [0, 0.1) is 11.8 Å². The zero-order valence-electron chi connectivity index (χ0n) is 17.0. The number of hydrogen-bond acceptors (Lipinski definition) is 6. The van der Waals surface area contributed by atoms with E-state index >= 15 is 0 Å². The predicted octanol–water partition coefficient (Wildman–Crippen LogP) is 2.32. The fraction of sp³-hybridized carbons (Fsp3) is 0.478. The number of carbonyl (C=O) groups is 2. The van der Waals surface area contributed by atoms with Crippen LogP contribution in [-0.4, -0.2) is 47.1 Å². The van der Waals surface area contributed by atoms with Crippen molar-refractivity contribution >= 4 is 11.9 Å². The van der Waals surface area contributed by atoms with Gasteiger partial charge < -0.3 is 19.6 Å². The van der Waals surface area contributed by atoms with Crippen LogP contribution in [0.2, 0.25) is 0 Å². The molecular formula is C23H26N2O5. The molecule has 0 bridgehead atoms. The van der Waals surface area contributed by atoms with Gasteiger partial charge in [-0.05, 0) is 42.9 Å². The van der Waals surface area contributed by atoms with Crippen LogP contribution in [0.4, 0.5) is 0 Å². The predicted molar refractivity (Wildman–Crippen MR) is 108 cm³/mol. The molecule has 0 unspecified atom stereocenters. The maximum absolute atomic E-state index is 11.8. The number of hydrogen-bond donors (Lipinski definition) is 2. The second-order valence-electron chi connectivity index (χ2n) is 8.77. The zero-order chi connectivity index (χ0) is 20.8. The molecule has 7 heteroatoms. The molecule has 4 atom stereocenters. The Labute approximate surface area is 175 Å². The van der Waals surface area contributed by atoms with E-state index in [1.165, 1.54) is 6.92 Å². The van der Waals surface area contributed by atoms with E-state index in [0.717, 1.165) is 48.6 Å². The van der Waals surface area contributed by atoms with Crippen LogP contribution in [-0.2, 0) is 22.7 Å². The summed E-state index contributed by atoms with van der Waals surface area (Å²) >= 11 is 0. The molecule has 0 spiro atoms. The van der Waals surface area contributed by atoms with Crippen LogP contribution in [0.3, 0.4) is 0 Å². The number of cyclic esters (lactones) is 1. The van der Waals surface area contributed by atoms with E-state index in [0.29, 0.717) is 30.6 Å². The molecule has 1 aliphatic carbocycles. The first kappa shape index (κ1) is 19.3. The number of carbonyl (C=O) groups excluding carboxylic acids is 2. The summed E-state index contributed by atoms with van der Waals surface area (Å²) in [6.45, 7) is 4.41. The van der Waals surface area contributed by atoms with Gasteiger partial charge in [0, 0.05) is 31.1 Å². The Morgan fingerprint density at radius 2 is 2.00 bits per heavy atom. The standard InChI is InChI=1S/C23H26N2O5/c1-13(26)24-20-7-16-9-25(10-17(16)8-21(20)27)11-18-4-5-22(30-18)14-2-3-15-12-29-23(28)19(15)6-14/h2-6,16-17,20-21,27H,7-12H2,1H3,(H,24,26)/t16-,17+,20-,21-/m1/s1. The van der Waals surface area contributed by atoms with Crippen molar-refractivity contribution in [3.63, 3.8) is 0 Å². The van der Waals surface area contributed by atoms with Gasteiger partial charge in [-0.25, -0.2) is 4.79 Å². The fourth-order valence-corrected chi connectivity index (χ4v) is 5.18. The second-order valence-corrected chi connectivity index (χ2v) is 8.77. The first-order chi connectivity index (χ1) is 14.5. The van der Waals surface area contributed by atoms with Gasteiger partial charge in [-0.2, -0.15) is 0 Å². The lowest BCUT2D eigenvalue weighted by Crippen LogP contribution is -2.48. The first-order valence-electron chi connectivity index (χ1n) is 10.5. The fourth-order valence-electron chi connectivity index (χ4n) is 5.18. The average molecular weight is 410 g/mol. The molecule has 2 fully saturated rings. The molecule has 5 rings (SSSR count). The maximum Gasteiger partial charge on any atom is 0.338 e. The van der Waals surface area contributed by atoms with E-state index in [1.54, 1.807) is 0 Å². The number of furan rings is 1. The Morgan fingerprint density at radius 3 is 2.80 bits per heavy atom. The molecule has 2 aromatic rings. The van der Waals surface area contributed by atoms with Gasteiger partial charge in [0.1, 0.15) is 18.1 Å². The Kier molecular flexibility index (Phi) is 4.87. The molecule has 1 saturated carbocycles. The van der Waals surface area contributed by atoms with Crippen molar-refractivity contribution in [2.45, 2.75) is 45.1 Å². The van der Waals surface area contributed by atoms with Crippen molar-refractivity contribution in [3.8, 4) is 11.3 Å². The number of aliphatic hydroxyl groups is 1. The van der Waals surface area contributed by atoms with E-state index in [2.05, 4.69) is 10.2 Å². The number of benzene rings is 1. The monoisotopic (exact) mass is 410 g/mol. The molecule has 2 aliphatic heterocycles. The lowest BCUT2D eigenvalue weighted by Gasteiger charge is -2.35. The van der Waals surface area contributed by atoms with Crippen molar-refractivity contribution in [2.24, 2.45) is 11.8 Å². The Bertz CT molecular complexity index is 984. The van der Waals surface area contributed by atoms with Gasteiger partial charge in [-0.15, -0.1) is 0 Å². The highest BCUT2D eigenvalue weighted by molar-refractivity contribution is 5.94. The van der Waals surface area contributed by atoms with Gasteiger partial charge in [-0.1, -0.05) is 12.1 Å². The number of rotatable bonds is 4. The number of aliphatic hydroxyl groups excluding tert-OH is 1. The number of nitrogens with one attached hydrogen (secondary N) is 1. The SMILES string of the molecule is CC(=O)N[C@@H]1C[C@@H]2CN(Cc3ccc(-c4ccc5c(c4)C(=O)OC5)o3)C[C@@H]2C[C@H]1O. The summed E-state index contributed by atoms with van der Waals surface area (Å²) in [6, 6.07) is 9.48. The summed E-state index contributed by atoms with van der Waals surface area (Å²) in [6.07, 6.45) is 1.06. The van der Waals surface area contributed by atoms with Crippen molar-refractivity contribution in [1.82, 2.24) is 10.2 Å². The molecule has 0 radical (unpaired) electrons. The topological polar surface area (TPSA) is 92.0 Å². The normalized spacial score (nSPS) is 28.1. The molecule has 1 aromatic carbocycles. The van der Waals surface area contributed by atoms with E-state index in [-0.39, 0.29) is 17.9 Å². The van der Waals surface area contributed by atoms with Crippen LogP contribution in [0.1, 0.15) is 41.4 Å². The van der Waals surface area contributed by atoms with Crippen molar-refractivity contribution < 1.29 is 23.8 Å². The number of fused-ring (bicyclic) bond motifs is 2. The average Bonchev–Trinajstić information content (AvgIpc) is 3.41. The Hall–Kier alpha value is -2.64. The minimum absolute atomic E-state index is 0.0877. The zero-order valence-corrected chi connectivity index (χ0v) is 17.0. The molecule has 30 heavy (non-hydrogen) atoms. The van der Waals surface area contributed by atoms with Crippen LogP contribution in [0.15, 0.2) is 34.7 Å². The third kappa shape index (κ3) is 3.63. The Balaban J connectivity index is 1.24. The van der Waals surface area contributed by atoms with Crippen LogP contribution in [0.25, 0.3) is 11.3 Å². The number of esters is 1. The number of likely N-dealkylation sites (tertiary alicyclic amines) is 1. The highest BCUT2D eigenvalue weighted by Crippen LogP contribution is 2.37. The van der Waals surface area contributed by atoms with E-state index < -0.39 is 6.10 Å². The van der Waals surface area contributed by atoms with Gasteiger partial charge in [0.15, 0.2) is 0 Å². The maximum atomic E-state index is 11.8. The minimum atomic E-state index is -0.475. The molecular weight excluding hydrogens is 384 g/mol. The summed E-state index contributed by atoms with van der Waals surface area (Å²) in [5, 5.41) is 13.3. The molecule has 158 valence electrons. The molecule has 3 aliphatic rings. The molecule has 1 saturated heterocycles. The van der Waals surface area contributed by atoms with E-state index in [4.69, 9.17) is 9.15 Å². The lowest BCUT2D eigenvalue weighted by molar-refractivity contribution is -0.121. The number of ether oxygens (including phenoxy) is 1. The third-order valence-corrected chi connectivity index (χ3v) is 6.62. The van der Waals surface area contributed by atoms with Crippen LogP contribution in [0.5, 0.6) is 0 Å². The second kappa shape index (κ2) is 7.56. The largest absolute Gasteiger partial charge is 0.460 e. The summed E-state index contributed by atoms with van der Waals surface area (Å²) < 4.78 is 11.1. The van der Waals surface area contributed by atoms with Crippen molar-refractivity contribution in [1.29, 1.82) is 0 Å². The first-order valence-corrected chi connectivity index (χ1v) is 10.5. The van der Waals surface area contributed by atoms with Crippen molar-refractivity contribution in [2.75, 3.05) is 13.1 Å². The summed E-state index contributed by atoms with van der Waals surface area (Å²) in [7, 11) is 0. The lowest BCUT2D eigenvalue weighted by atomic mass is 9.77. The molecule has 7 nitrogen and oxygen atoms in total. The smallest absolute Gasteiger partial charge is 0.338 e. The number of amides is 1. The quantitative estimate of drug-likeness (QED) is 0.752. The third-order valence-electron chi connectivity index (χ3n) is 6.62. The molecule has 2 N–H and O–H groups in total. The van der Waals surface area contributed by atoms with Gasteiger partial charge in [0.25, 0.3) is 0 Å². The van der Waals surface area contributed by atoms with Gasteiger partial charge in [0.2, 0.25) is 5.91 Å². The summed E-state index contributed by atoms with van der Waals surface area (Å²) in [5.74, 6) is 2.17. The highest BCUT2D eigenvalue weighted by atomic mass is 16.5. The molecule has 1 amide bonds. The molecule has 3 heterocycles. The summed E-state index contributed by atoms with van der Waals surface area (Å²) in [4.78, 5) is 25.6. The highest BCUT2D eigenvalue weighted by Gasteiger charge is 2.42. The van der Waals surface area contributed by atoms with Gasteiger partial charge >= 0.3 is 5.97 Å².